The van der Waals surface area contributed by atoms with Crippen molar-refractivity contribution in [2.24, 2.45) is 5.92 Å². The fourth-order valence-corrected chi connectivity index (χ4v) is 3.25. The minimum atomic E-state index is -0.860. The topological polar surface area (TPSA) is 91.3 Å². The van der Waals surface area contributed by atoms with Crippen LogP contribution < -0.4 is 10.6 Å². The molecule has 1 aromatic heterocycles. The van der Waals surface area contributed by atoms with Gasteiger partial charge in [-0.05, 0) is 48.8 Å². The molecule has 27 heavy (non-hydrogen) atoms. The molecule has 0 aliphatic heterocycles. The Morgan fingerprint density at radius 1 is 1.11 bits per heavy atom. The van der Waals surface area contributed by atoms with E-state index >= 15 is 0 Å². The Morgan fingerprint density at radius 2 is 1.89 bits per heavy atom. The highest BCUT2D eigenvalue weighted by Gasteiger charge is 2.33. The molecule has 2 amide bonds. The van der Waals surface area contributed by atoms with Crippen LogP contribution in [-0.2, 0) is 11.2 Å². The molecule has 2 atom stereocenters. The summed E-state index contributed by atoms with van der Waals surface area (Å²) in [6.45, 7) is 0. The number of aromatic nitrogens is 1. The number of carboxylic acids is 1. The third-order valence-electron chi connectivity index (χ3n) is 4.79. The Bertz CT molecular complexity index is 748. The molecule has 1 saturated carbocycles. The van der Waals surface area contributed by atoms with E-state index in [0.717, 1.165) is 24.0 Å². The summed E-state index contributed by atoms with van der Waals surface area (Å²) in [5.41, 5.74) is 2.07. The molecule has 2 aromatic rings. The Morgan fingerprint density at radius 3 is 2.52 bits per heavy atom. The van der Waals surface area contributed by atoms with Crippen molar-refractivity contribution < 1.29 is 14.7 Å². The lowest BCUT2D eigenvalue weighted by Crippen LogP contribution is -2.45. The molecule has 1 aliphatic carbocycles. The van der Waals surface area contributed by atoms with Crippen molar-refractivity contribution in [2.75, 3.05) is 0 Å². The number of nitrogens with zero attached hydrogens (tertiary/aromatic N) is 1. The van der Waals surface area contributed by atoms with Gasteiger partial charge in [-0.15, -0.1) is 0 Å². The highest BCUT2D eigenvalue weighted by atomic mass is 16.4. The normalized spacial score (nSPS) is 15.6. The van der Waals surface area contributed by atoms with Gasteiger partial charge in [-0.25, -0.2) is 4.79 Å². The number of pyridine rings is 1. The van der Waals surface area contributed by atoms with Gasteiger partial charge in [0.05, 0.1) is 6.04 Å². The molecule has 0 bridgehead atoms. The Kier molecular flexibility index (Phi) is 6.41. The van der Waals surface area contributed by atoms with E-state index in [9.17, 15) is 9.59 Å². The maximum absolute atomic E-state index is 12.6. The zero-order chi connectivity index (χ0) is 19.1. The second-order valence-corrected chi connectivity index (χ2v) is 7.04. The van der Waals surface area contributed by atoms with Gasteiger partial charge in [-0.3, -0.25) is 9.78 Å². The van der Waals surface area contributed by atoms with Crippen molar-refractivity contribution in [3.05, 3.63) is 66.0 Å². The molecule has 3 N–H and O–H groups in total. The smallest absolute Gasteiger partial charge is 0.315 e. The number of aliphatic carboxylic acids is 1. The zero-order valence-electron chi connectivity index (χ0n) is 15.2. The number of rotatable bonds is 9. The standard InChI is InChI=1S/C21H25N3O3/c25-19(26)11-10-18(13-15-5-2-1-3-6-15)23-21(27)24-20(16-8-9-16)17-7-4-12-22-14-17/h1-7,12,14,16,18,20H,8-11,13H2,(H,25,26)(H2,23,24,27). The van der Waals surface area contributed by atoms with Crippen LogP contribution in [0, 0.1) is 5.92 Å². The van der Waals surface area contributed by atoms with E-state index in [4.69, 9.17) is 5.11 Å². The lowest BCUT2D eigenvalue weighted by molar-refractivity contribution is -0.137. The van der Waals surface area contributed by atoms with Crippen LogP contribution in [0.2, 0.25) is 0 Å². The lowest BCUT2D eigenvalue weighted by atomic mass is 10.0. The molecule has 142 valence electrons. The molecule has 1 fully saturated rings. The summed E-state index contributed by atoms with van der Waals surface area (Å²) >= 11 is 0. The molecular formula is C21H25N3O3. The van der Waals surface area contributed by atoms with Gasteiger partial charge in [-0.1, -0.05) is 36.4 Å². The summed E-state index contributed by atoms with van der Waals surface area (Å²) in [6, 6.07) is 13.1. The van der Waals surface area contributed by atoms with Crippen molar-refractivity contribution in [3.8, 4) is 0 Å². The monoisotopic (exact) mass is 367 g/mol. The second kappa shape index (κ2) is 9.16. The molecule has 0 saturated heterocycles. The maximum atomic E-state index is 12.6. The molecule has 2 unspecified atom stereocenters. The first kappa shape index (κ1) is 18.9. The summed E-state index contributed by atoms with van der Waals surface area (Å²) in [7, 11) is 0. The summed E-state index contributed by atoms with van der Waals surface area (Å²) in [5, 5.41) is 15.0. The maximum Gasteiger partial charge on any atom is 0.315 e. The summed E-state index contributed by atoms with van der Waals surface area (Å²) < 4.78 is 0. The minimum absolute atomic E-state index is 0.0203. The summed E-state index contributed by atoms with van der Waals surface area (Å²) in [5.74, 6) is -0.423. The molecular weight excluding hydrogens is 342 g/mol. The van der Waals surface area contributed by atoms with Gasteiger partial charge in [0, 0.05) is 24.9 Å². The molecule has 1 heterocycles. The fraction of sp³-hybridized carbons (Fsp3) is 0.381. The number of carbonyl (C=O) groups is 2. The van der Waals surface area contributed by atoms with Gasteiger partial charge < -0.3 is 15.7 Å². The number of urea groups is 1. The van der Waals surface area contributed by atoms with Crippen molar-refractivity contribution >= 4 is 12.0 Å². The van der Waals surface area contributed by atoms with Crippen molar-refractivity contribution in [3.63, 3.8) is 0 Å². The Labute approximate surface area is 159 Å². The zero-order valence-corrected chi connectivity index (χ0v) is 15.2. The molecule has 6 heteroatoms. The second-order valence-electron chi connectivity index (χ2n) is 7.04. The highest BCUT2D eigenvalue weighted by Crippen LogP contribution is 2.40. The van der Waals surface area contributed by atoms with E-state index in [1.165, 1.54) is 0 Å². The van der Waals surface area contributed by atoms with Gasteiger partial charge in [0.2, 0.25) is 0 Å². The molecule has 6 nitrogen and oxygen atoms in total. The largest absolute Gasteiger partial charge is 0.481 e. The minimum Gasteiger partial charge on any atom is -0.481 e. The van der Waals surface area contributed by atoms with Crippen LogP contribution in [0.4, 0.5) is 4.79 Å². The molecule has 1 aliphatic rings. The predicted molar refractivity (Wildman–Crippen MR) is 102 cm³/mol. The van der Waals surface area contributed by atoms with Crippen molar-refractivity contribution in [2.45, 2.75) is 44.2 Å². The third kappa shape index (κ3) is 6.09. The van der Waals surface area contributed by atoms with Crippen molar-refractivity contribution in [1.29, 1.82) is 0 Å². The van der Waals surface area contributed by atoms with Crippen LogP contribution >= 0.6 is 0 Å². The first-order chi connectivity index (χ1) is 13.1. The van der Waals surface area contributed by atoms with Gasteiger partial charge in [0.1, 0.15) is 0 Å². The first-order valence-corrected chi connectivity index (χ1v) is 9.34. The number of nitrogens with one attached hydrogen (secondary N) is 2. The molecule has 0 spiro atoms. The van der Waals surface area contributed by atoms with Crippen molar-refractivity contribution in [1.82, 2.24) is 15.6 Å². The van der Waals surface area contributed by atoms with Crippen LogP contribution in [0.5, 0.6) is 0 Å². The molecule has 0 radical (unpaired) electrons. The number of amides is 2. The van der Waals surface area contributed by atoms with Gasteiger partial charge in [0.15, 0.2) is 0 Å². The molecule has 1 aromatic carbocycles. The van der Waals surface area contributed by atoms with Gasteiger partial charge in [0.25, 0.3) is 0 Å². The van der Waals surface area contributed by atoms with E-state index < -0.39 is 5.97 Å². The number of carbonyl (C=O) groups excluding carboxylic acids is 1. The SMILES string of the molecule is O=C(O)CCC(Cc1ccccc1)NC(=O)NC(c1cccnc1)C1CC1. The van der Waals surface area contributed by atoms with Crippen LogP contribution in [0.3, 0.4) is 0 Å². The van der Waals surface area contributed by atoms with E-state index in [-0.39, 0.29) is 24.5 Å². The van der Waals surface area contributed by atoms with E-state index in [2.05, 4.69) is 15.6 Å². The number of carboxylic acid groups (broad SMARTS) is 1. The average Bonchev–Trinajstić information content (AvgIpc) is 3.51. The number of hydrogen-bond acceptors (Lipinski definition) is 3. The summed E-state index contributed by atoms with van der Waals surface area (Å²) in [4.78, 5) is 27.7. The Balaban J connectivity index is 1.62. The lowest BCUT2D eigenvalue weighted by Gasteiger charge is -2.23. The predicted octanol–water partition coefficient (Wildman–Crippen LogP) is 3.31. The average molecular weight is 367 g/mol. The number of benzene rings is 1. The number of hydrogen-bond donors (Lipinski definition) is 3. The first-order valence-electron chi connectivity index (χ1n) is 9.34. The van der Waals surface area contributed by atoms with Crippen LogP contribution in [0.15, 0.2) is 54.9 Å². The third-order valence-corrected chi connectivity index (χ3v) is 4.79. The molecule has 3 rings (SSSR count). The van der Waals surface area contributed by atoms with E-state index in [1.807, 2.05) is 42.5 Å². The van der Waals surface area contributed by atoms with E-state index in [0.29, 0.717) is 18.8 Å². The fourth-order valence-electron chi connectivity index (χ4n) is 3.25. The summed E-state index contributed by atoms with van der Waals surface area (Å²) in [6.07, 6.45) is 6.69. The van der Waals surface area contributed by atoms with Crippen LogP contribution in [0.25, 0.3) is 0 Å². The van der Waals surface area contributed by atoms with Gasteiger partial charge in [-0.2, -0.15) is 0 Å². The Hall–Kier alpha value is -2.89. The van der Waals surface area contributed by atoms with Crippen LogP contribution in [0.1, 0.15) is 42.9 Å². The quantitative estimate of drug-likeness (QED) is 0.634. The van der Waals surface area contributed by atoms with Crippen LogP contribution in [-0.4, -0.2) is 28.1 Å². The van der Waals surface area contributed by atoms with E-state index in [1.54, 1.807) is 12.4 Å². The highest BCUT2D eigenvalue weighted by molar-refractivity contribution is 5.75. The van der Waals surface area contributed by atoms with Gasteiger partial charge >= 0.3 is 12.0 Å².